The maximum Gasteiger partial charge on any atom is 0.324 e. The van der Waals surface area contributed by atoms with Crippen LogP contribution in [0.2, 0.25) is 0 Å². The first-order chi connectivity index (χ1) is 8.97. The van der Waals surface area contributed by atoms with Crippen LogP contribution in [0.3, 0.4) is 0 Å². The molecule has 1 aliphatic carbocycles. The van der Waals surface area contributed by atoms with E-state index in [-0.39, 0.29) is 11.9 Å². The Morgan fingerprint density at radius 2 is 2.32 bits per heavy atom. The van der Waals surface area contributed by atoms with Crippen LogP contribution in [-0.4, -0.2) is 29.8 Å². The second-order valence-corrected chi connectivity index (χ2v) is 5.03. The minimum atomic E-state index is -0.903. The number of carboxylic acid groups (broad SMARTS) is 1. The number of aliphatic carboxylic acids is 1. The molecule has 4 nitrogen and oxygen atoms in total. The second kappa shape index (κ2) is 5.17. The molecule has 1 aromatic carbocycles. The minimum Gasteiger partial charge on any atom is -0.490 e. The predicted molar refractivity (Wildman–Crippen MR) is 68.8 cm³/mol. The number of likely N-dealkylation sites (N-methyl/N-ethyl adjacent to an activating group) is 1. The van der Waals surface area contributed by atoms with Gasteiger partial charge in [0.2, 0.25) is 0 Å². The lowest BCUT2D eigenvalue weighted by molar-refractivity contribution is -0.144. The molecule has 1 fully saturated rings. The van der Waals surface area contributed by atoms with E-state index >= 15 is 0 Å². The number of halogens is 1. The number of carboxylic acids is 1. The molecule has 104 valence electrons. The Hall–Kier alpha value is -1.62. The fraction of sp³-hybridized carbons (Fsp3) is 0.500. The van der Waals surface area contributed by atoms with E-state index in [0.717, 1.165) is 0 Å². The third-order valence-corrected chi connectivity index (χ3v) is 3.79. The van der Waals surface area contributed by atoms with E-state index in [1.165, 1.54) is 6.07 Å². The highest BCUT2D eigenvalue weighted by molar-refractivity contribution is 5.79. The molecule has 19 heavy (non-hydrogen) atoms. The molecule has 2 unspecified atom stereocenters. The molecular weight excluding hydrogens is 249 g/mol. The Bertz CT molecular complexity index is 492. The highest BCUT2D eigenvalue weighted by Gasteiger charge is 2.45. The van der Waals surface area contributed by atoms with Crippen molar-refractivity contribution in [1.29, 1.82) is 0 Å². The van der Waals surface area contributed by atoms with Gasteiger partial charge in [-0.05, 0) is 50.6 Å². The van der Waals surface area contributed by atoms with Gasteiger partial charge in [0.05, 0.1) is 0 Å². The minimum absolute atomic E-state index is 0.159. The monoisotopic (exact) mass is 267 g/mol. The third kappa shape index (κ3) is 2.71. The summed E-state index contributed by atoms with van der Waals surface area (Å²) in [5.74, 6) is -0.536. The largest absolute Gasteiger partial charge is 0.490 e. The normalized spacial score (nSPS) is 26.4. The lowest BCUT2D eigenvalue weighted by atomic mass is 9.98. The van der Waals surface area contributed by atoms with Gasteiger partial charge in [0.1, 0.15) is 23.2 Å². The van der Waals surface area contributed by atoms with Crippen molar-refractivity contribution < 1.29 is 19.0 Å². The first kappa shape index (κ1) is 13.8. The van der Waals surface area contributed by atoms with Crippen LogP contribution in [0, 0.1) is 12.7 Å². The van der Waals surface area contributed by atoms with E-state index in [2.05, 4.69) is 5.32 Å². The number of aryl methyl sites for hydroxylation is 1. The van der Waals surface area contributed by atoms with Crippen molar-refractivity contribution in [1.82, 2.24) is 5.32 Å². The summed E-state index contributed by atoms with van der Waals surface area (Å²) < 4.78 is 18.9. The number of nitrogens with one attached hydrogen (secondary N) is 1. The van der Waals surface area contributed by atoms with Crippen LogP contribution >= 0.6 is 0 Å². The van der Waals surface area contributed by atoms with Crippen molar-refractivity contribution in [2.75, 3.05) is 7.05 Å². The molecule has 1 aliphatic rings. The third-order valence-electron chi connectivity index (χ3n) is 3.79. The Kier molecular flexibility index (Phi) is 3.75. The van der Waals surface area contributed by atoms with E-state index in [0.29, 0.717) is 30.6 Å². The van der Waals surface area contributed by atoms with Gasteiger partial charge in [-0.25, -0.2) is 4.39 Å². The SMILES string of the molecule is CNC1(C(=O)O)CCC(Oc2ccc(F)c(C)c2)C1. The average molecular weight is 267 g/mol. The zero-order valence-electron chi connectivity index (χ0n) is 11.1. The average Bonchev–Trinajstić information content (AvgIpc) is 2.79. The maximum absolute atomic E-state index is 13.2. The zero-order valence-corrected chi connectivity index (χ0v) is 11.1. The van der Waals surface area contributed by atoms with Gasteiger partial charge in [0.25, 0.3) is 0 Å². The topological polar surface area (TPSA) is 58.6 Å². The molecule has 0 bridgehead atoms. The van der Waals surface area contributed by atoms with Crippen molar-refractivity contribution in [3.05, 3.63) is 29.6 Å². The van der Waals surface area contributed by atoms with Crippen molar-refractivity contribution in [3.8, 4) is 5.75 Å². The fourth-order valence-corrected chi connectivity index (χ4v) is 2.51. The number of ether oxygens (including phenoxy) is 1. The Morgan fingerprint density at radius 1 is 1.58 bits per heavy atom. The molecule has 5 heteroatoms. The van der Waals surface area contributed by atoms with Gasteiger partial charge < -0.3 is 15.2 Å². The predicted octanol–water partition coefficient (Wildman–Crippen LogP) is 2.11. The van der Waals surface area contributed by atoms with E-state index in [4.69, 9.17) is 4.74 Å². The van der Waals surface area contributed by atoms with Crippen LogP contribution in [0.15, 0.2) is 18.2 Å². The van der Waals surface area contributed by atoms with Crippen molar-refractivity contribution in [2.45, 2.75) is 37.8 Å². The lowest BCUT2D eigenvalue weighted by Crippen LogP contribution is -2.48. The molecule has 0 heterocycles. The van der Waals surface area contributed by atoms with Crippen LogP contribution in [0.5, 0.6) is 5.75 Å². The summed E-state index contributed by atoms with van der Waals surface area (Å²) in [4.78, 5) is 11.3. The summed E-state index contributed by atoms with van der Waals surface area (Å²) in [7, 11) is 1.65. The van der Waals surface area contributed by atoms with Gasteiger partial charge in [0.15, 0.2) is 0 Å². The van der Waals surface area contributed by atoms with Crippen molar-refractivity contribution >= 4 is 5.97 Å². The Balaban J connectivity index is 2.05. The van der Waals surface area contributed by atoms with E-state index in [1.807, 2.05) is 0 Å². The molecule has 2 atom stereocenters. The number of hydrogen-bond acceptors (Lipinski definition) is 3. The van der Waals surface area contributed by atoms with Crippen molar-refractivity contribution in [3.63, 3.8) is 0 Å². The summed E-state index contributed by atoms with van der Waals surface area (Å²) in [6.45, 7) is 1.67. The highest BCUT2D eigenvalue weighted by atomic mass is 19.1. The second-order valence-electron chi connectivity index (χ2n) is 5.03. The number of benzene rings is 1. The summed E-state index contributed by atoms with van der Waals surface area (Å²) in [5.41, 5.74) is -0.381. The van der Waals surface area contributed by atoms with Crippen LogP contribution in [-0.2, 0) is 4.79 Å². The van der Waals surface area contributed by atoms with E-state index in [1.54, 1.807) is 26.1 Å². The summed E-state index contributed by atoms with van der Waals surface area (Å²) in [5, 5.41) is 12.1. The van der Waals surface area contributed by atoms with Gasteiger partial charge in [-0.15, -0.1) is 0 Å². The standard InChI is InChI=1S/C14H18FNO3/c1-9-7-10(3-4-12(9)15)19-11-5-6-14(8-11,16-2)13(17)18/h3-4,7,11,16H,5-6,8H2,1-2H3,(H,17,18). The molecular formula is C14H18FNO3. The molecule has 0 aromatic heterocycles. The first-order valence-corrected chi connectivity index (χ1v) is 6.32. The quantitative estimate of drug-likeness (QED) is 0.877. The number of carbonyl (C=O) groups is 1. The number of hydrogen-bond donors (Lipinski definition) is 2. The fourth-order valence-electron chi connectivity index (χ4n) is 2.51. The molecule has 0 saturated heterocycles. The molecule has 0 spiro atoms. The summed E-state index contributed by atoms with van der Waals surface area (Å²) >= 11 is 0. The molecule has 0 aliphatic heterocycles. The Morgan fingerprint density at radius 3 is 2.84 bits per heavy atom. The molecule has 1 aromatic rings. The van der Waals surface area contributed by atoms with Gasteiger partial charge in [-0.3, -0.25) is 4.79 Å². The molecule has 2 N–H and O–H groups in total. The summed E-state index contributed by atoms with van der Waals surface area (Å²) in [6.07, 6.45) is 1.45. The molecule has 2 rings (SSSR count). The van der Waals surface area contributed by atoms with Gasteiger partial charge >= 0.3 is 5.97 Å². The van der Waals surface area contributed by atoms with E-state index in [9.17, 15) is 14.3 Å². The first-order valence-electron chi connectivity index (χ1n) is 6.32. The van der Waals surface area contributed by atoms with Gasteiger partial charge in [-0.1, -0.05) is 0 Å². The highest BCUT2D eigenvalue weighted by Crippen LogP contribution is 2.33. The number of rotatable bonds is 4. The molecule has 1 saturated carbocycles. The van der Waals surface area contributed by atoms with Crippen LogP contribution in [0.25, 0.3) is 0 Å². The van der Waals surface area contributed by atoms with Crippen LogP contribution < -0.4 is 10.1 Å². The lowest BCUT2D eigenvalue weighted by Gasteiger charge is -2.23. The Labute approximate surface area is 111 Å². The smallest absolute Gasteiger partial charge is 0.324 e. The maximum atomic E-state index is 13.2. The molecule has 0 amide bonds. The summed E-state index contributed by atoms with van der Waals surface area (Å²) in [6, 6.07) is 4.57. The van der Waals surface area contributed by atoms with Crippen LogP contribution in [0.4, 0.5) is 4.39 Å². The zero-order chi connectivity index (χ0) is 14.0. The van der Waals surface area contributed by atoms with E-state index < -0.39 is 11.5 Å². The van der Waals surface area contributed by atoms with Gasteiger partial charge in [-0.2, -0.15) is 0 Å². The van der Waals surface area contributed by atoms with Crippen LogP contribution in [0.1, 0.15) is 24.8 Å². The molecule has 0 radical (unpaired) electrons. The van der Waals surface area contributed by atoms with Crippen molar-refractivity contribution in [2.24, 2.45) is 0 Å². The van der Waals surface area contributed by atoms with Gasteiger partial charge in [0, 0.05) is 6.42 Å².